The summed E-state index contributed by atoms with van der Waals surface area (Å²) >= 11 is 0. The molecule has 126 valence electrons. The number of nitrogens with zero attached hydrogens (tertiary/aromatic N) is 1. The number of benzene rings is 2. The highest BCUT2D eigenvalue weighted by atomic mass is 16.5. The van der Waals surface area contributed by atoms with Crippen LogP contribution in [-0.2, 0) is 6.42 Å². The van der Waals surface area contributed by atoms with Gasteiger partial charge >= 0.3 is 0 Å². The van der Waals surface area contributed by atoms with Crippen LogP contribution in [0.2, 0.25) is 0 Å². The third-order valence-corrected chi connectivity index (χ3v) is 3.29. The molecule has 0 aliphatic rings. The first-order valence-electron chi connectivity index (χ1n) is 8.16. The molecule has 24 heavy (non-hydrogen) atoms. The summed E-state index contributed by atoms with van der Waals surface area (Å²) in [7, 11) is 0. The highest BCUT2D eigenvalue weighted by Gasteiger charge is 2.12. The van der Waals surface area contributed by atoms with E-state index in [1.54, 1.807) is 6.21 Å². The minimum absolute atomic E-state index is 0.580. The van der Waals surface area contributed by atoms with E-state index in [4.69, 9.17) is 9.47 Å². The van der Waals surface area contributed by atoms with E-state index in [0.717, 1.165) is 28.3 Å². The van der Waals surface area contributed by atoms with Crippen molar-refractivity contribution in [2.75, 3.05) is 18.6 Å². The predicted molar refractivity (Wildman–Crippen MR) is 100 cm³/mol. The average molecular weight is 324 g/mol. The summed E-state index contributed by atoms with van der Waals surface area (Å²) in [5, 5.41) is 4.29. The lowest BCUT2D eigenvalue weighted by Crippen LogP contribution is -2.03. The van der Waals surface area contributed by atoms with Crippen LogP contribution in [0.15, 0.2) is 60.2 Å². The Morgan fingerprint density at radius 1 is 1.08 bits per heavy atom. The molecule has 0 aromatic heterocycles. The third kappa shape index (κ3) is 4.88. The zero-order valence-electron chi connectivity index (χ0n) is 14.3. The van der Waals surface area contributed by atoms with Crippen LogP contribution >= 0.6 is 0 Å². The first-order chi connectivity index (χ1) is 11.8. The van der Waals surface area contributed by atoms with Crippen LogP contribution < -0.4 is 14.9 Å². The van der Waals surface area contributed by atoms with Crippen LogP contribution in [0.5, 0.6) is 11.5 Å². The van der Waals surface area contributed by atoms with Crippen LogP contribution in [0, 0.1) is 0 Å². The Bertz CT molecular complexity index is 682. The Morgan fingerprint density at radius 3 is 2.50 bits per heavy atom. The quantitative estimate of drug-likeness (QED) is 0.414. The summed E-state index contributed by atoms with van der Waals surface area (Å²) in [5.41, 5.74) is 5.94. The second-order valence-electron chi connectivity index (χ2n) is 5.10. The highest BCUT2D eigenvalue weighted by Crippen LogP contribution is 2.33. The van der Waals surface area contributed by atoms with E-state index >= 15 is 0 Å². The molecule has 0 unspecified atom stereocenters. The number of rotatable bonds is 9. The molecule has 4 nitrogen and oxygen atoms in total. The minimum Gasteiger partial charge on any atom is -0.490 e. The highest BCUT2D eigenvalue weighted by molar-refractivity contribution is 5.82. The SMILES string of the molecule is C=CCc1cc(C=NNc2ccccc2)cc(OCC)c1OCC. The molecule has 0 radical (unpaired) electrons. The molecule has 0 bridgehead atoms. The van der Waals surface area contributed by atoms with Crippen molar-refractivity contribution in [1.82, 2.24) is 0 Å². The molecule has 2 rings (SSSR count). The number of nitrogens with one attached hydrogen (secondary N) is 1. The fourth-order valence-corrected chi connectivity index (χ4v) is 2.33. The van der Waals surface area contributed by atoms with E-state index in [0.29, 0.717) is 19.6 Å². The molecule has 0 saturated carbocycles. The Hall–Kier alpha value is -2.75. The van der Waals surface area contributed by atoms with Crippen molar-refractivity contribution >= 4 is 11.9 Å². The van der Waals surface area contributed by atoms with Gasteiger partial charge < -0.3 is 9.47 Å². The molecule has 0 aliphatic heterocycles. The molecular formula is C20H24N2O2. The van der Waals surface area contributed by atoms with Gasteiger partial charge in [0, 0.05) is 5.56 Å². The minimum atomic E-state index is 0.580. The molecule has 0 fully saturated rings. The molecule has 2 aromatic carbocycles. The van der Waals surface area contributed by atoms with E-state index in [1.165, 1.54) is 0 Å². The topological polar surface area (TPSA) is 42.9 Å². The van der Waals surface area contributed by atoms with Crippen molar-refractivity contribution in [3.8, 4) is 11.5 Å². The van der Waals surface area contributed by atoms with Crippen LogP contribution in [-0.4, -0.2) is 19.4 Å². The summed E-state index contributed by atoms with van der Waals surface area (Å²) < 4.78 is 11.5. The number of ether oxygens (including phenoxy) is 2. The van der Waals surface area contributed by atoms with Gasteiger partial charge in [-0.2, -0.15) is 5.10 Å². The normalized spacial score (nSPS) is 10.6. The summed E-state index contributed by atoms with van der Waals surface area (Å²) in [4.78, 5) is 0. The zero-order valence-corrected chi connectivity index (χ0v) is 14.3. The van der Waals surface area contributed by atoms with Gasteiger partial charge in [0.25, 0.3) is 0 Å². The molecular weight excluding hydrogens is 300 g/mol. The molecule has 0 spiro atoms. The van der Waals surface area contributed by atoms with Gasteiger partial charge in [0.15, 0.2) is 11.5 Å². The van der Waals surface area contributed by atoms with Gasteiger partial charge in [-0.15, -0.1) is 6.58 Å². The van der Waals surface area contributed by atoms with E-state index in [1.807, 2.05) is 62.4 Å². The first-order valence-corrected chi connectivity index (χ1v) is 8.16. The lowest BCUT2D eigenvalue weighted by atomic mass is 10.1. The maximum Gasteiger partial charge on any atom is 0.164 e. The third-order valence-electron chi connectivity index (χ3n) is 3.29. The maximum absolute atomic E-state index is 5.77. The molecule has 0 saturated heterocycles. The molecule has 0 amide bonds. The summed E-state index contributed by atoms with van der Waals surface area (Å²) in [6.07, 6.45) is 4.34. The Labute approximate surface area is 143 Å². The number of hydrogen-bond acceptors (Lipinski definition) is 4. The number of hydrazone groups is 1. The van der Waals surface area contributed by atoms with Crippen molar-refractivity contribution in [1.29, 1.82) is 0 Å². The van der Waals surface area contributed by atoms with Crippen molar-refractivity contribution in [3.05, 3.63) is 66.2 Å². The Kier molecular flexibility index (Phi) is 6.90. The van der Waals surface area contributed by atoms with Gasteiger partial charge in [-0.05, 0) is 50.1 Å². The number of allylic oxidation sites excluding steroid dienone is 1. The van der Waals surface area contributed by atoms with Crippen molar-refractivity contribution in [2.24, 2.45) is 5.10 Å². The molecule has 0 atom stereocenters. The monoisotopic (exact) mass is 324 g/mol. The standard InChI is InChI=1S/C20H24N2O2/c1-4-10-17-13-16(14-19(23-5-2)20(17)24-6-3)15-21-22-18-11-8-7-9-12-18/h4,7-9,11-15,22H,1,5-6,10H2,2-3H3. The van der Waals surface area contributed by atoms with Gasteiger partial charge in [-0.1, -0.05) is 24.3 Å². The molecule has 2 aromatic rings. The van der Waals surface area contributed by atoms with Gasteiger partial charge in [0.05, 0.1) is 25.1 Å². The van der Waals surface area contributed by atoms with Gasteiger partial charge in [0.2, 0.25) is 0 Å². The summed E-state index contributed by atoms with van der Waals surface area (Å²) in [6, 6.07) is 13.8. The van der Waals surface area contributed by atoms with E-state index in [9.17, 15) is 0 Å². The smallest absolute Gasteiger partial charge is 0.164 e. The van der Waals surface area contributed by atoms with E-state index in [-0.39, 0.29) is 0 Å². The van der Waals surface area contributed by atoms with Crippen LogP contribution in [0.1, 0.15) is 25.0 Å². The van der Waals surface area contributed by atoms with Crippen molar-refractivity contribution in [2.45, 2.75) is 20.3 Å². The number of anilines is 1. The average Bonchev–Trinajstić information content (AvgIpc) is 2.59. The first kappa shape index (κ1) is 17.6. The molecule has 0 aliphatic carbocycles. The molecule has 0 heterocycles. The van der Waals surface area contributed by atoms with E-state index in [2.05, 4.69) is 17.1 Å². The van der Waals surface area contributed by atoms with Gasteiger partial charge in [-0.3, -0.25) is 5.43 Å². The molecule has 4 heteroatoms. The van der Waals surface area contributed by atoms with Gasteiger partial charge in [0.1, 0.15) is 0 Å². The Balaban J connectivity index is 2.26. The lowest BCUT2D eigenvalue weighted by Gasteiger charge is -2.15. The lowest BCUT2D eigenvalue weighted by molar-refractivity contribution is 0.285. The second kappa shape index (κ2) is 9.40. The van der Waals surface area contributed by atoms with Crippen molar-refractivity contribution < 1.29 is 9.47 Å². The summed E-state index contributed by atoms with van der Waals surface area (Å²) in [5.74, 6) is 1.52. The zero-order chi connectivity index (χ0) is 17.2. The van der Waals surface area contributed by atoms with Crippen LogP contribution in [0.3, 0.4) is 0 Å². The maximum atomic E-state index is 5.77. The second-order valence-corrected chi connectivity index (χ2v) is 5.10. The molecule has 1 N–H and O–H groups in total. The fourth-order valence-electron chi connectivity index (χ4n) is 2.33. The van der Waals surface area contributed by atoms with Gasteiger partial charge in [-0.25, -0.2) is 0 Å². The number of hydrogen-bond donors (Lipinski definition) is 1. The predicted octanol–water partition coefficient (Wildman–Crippen LogP) is 4.66. The van der Waals surface area contributed by atoms with Crippen LogP contribution in [0.4, 0.5) is 5.69 Å². The summed E-state index contributed by atoms with van der Waals surface area (Å²) in [6.45, 7) is 8.92. The van der Waals surface area contributed by atoms with Crippen molar-refractivity contribution in [3.63, 3.8) is 0 Å². The number of para-hydroxylation sites is 1. The van der Waals surface area contributed by atoms with Crippen LogP contribution in [0.25, 0.3) is 0 Å². The fraction of sp³-hybridized carbons (Fsp3) is 0.250. The van der Waals surface area contributed by atoms with E-state index < -0.39 is 0 Å². The largest absolute Gasteiger partial charge is 0.490 e. The Morgan fingerprint density at radius 2 is 1.83 bits per heavy atom.